The van der Waals surface area contributed by atoms with Crippen molar-refractivity contribution < 1.29 is 40.5 Å². The van der Waals surface area contributed by atoms with Crippen molar-refractivity contribution in [1.82, 2.24) is 0 Å². The summed E-state index contributed by atoms with van der Waals surface area (Å²) >= 11 is 0. The summed E-state index contributed by atoms with van der Waals surface area (Å²) in [7, 11) is 0. The minimum absolute atomic E-state index is 0.108. The Morgan fingerprint density at radius 2 is 1.36 bits per heavy atom. The lowest BCUT2D eigenvalue weighted by molar-refractivity contribution is -0.469. The van der Waals surface area contributed by atoms with Gasteiger partial charge in [-0.1, -0.05) is 0 Å². The third kappa shape index (κ3) is 4.61. The molecule has 0 saturated carbocycles. The fraction of sp³-hybridized carbons (Fsp3) is 1.00. The van der Waals surface area contributed by atoms with E-state index in [0.29, 0.717) is 0 Å². The van der Waals surface area contributed by atoms with E-state index in [9.17, 15) is 30.7 Å². The summed E-state index contributed by atoms with van der Waals surface area (Å²) in [4.78, 5) is 6.03. The van der Waals surface area contributed by atoms with Crippen LogP contribution in [0.4, 0.5) is 30.7 Å². The fourth-order valence-corrected chi connectivity index (χ4v) is 0.254. The van der Waals surface area contributed by atoms with Crippen molar-refractivity contribution in [2.45, 2.75) is 25.1 Å². The van der Waals surface area contributed by atoms with E-state index < -0.39 is 24.8 Å². The molecule has 0 aromatic carbocycles. The van der Waals surface area contributed by atoms with E-state index in [1.165, 1.54) is 0 Å². The Hall–Kier alpha value is -0.570. The van der Waals surface area contributed by atoms with Gasteiger partial charge >= 0.3 is 18.2 Å². The van der Waals surface area contributed by atoms with Gasteiger partial charge in [-0.05, 0) is 0 Å². The van der Waals surface area contributed by atoms with Crippen LogP contribution in [0.5, 0.6) is 0 Å². The summed E-state index contributed by atoms with van der Waals surface area (Å²) in [5.41, 5.74) is 0. The number of hydrogen-bond donors (Lipinski definition) is 0. The monoisotopic (exact) mass is 230 g/mol. The molecule has 0 aromatic heterocycles. The normalized spacial score (nSPS) is 18.0. The van der Waals surface area contributed by atoms with Crippen molar-refractivity contribution >= 4 is 0 Å². The molecule has 0 aromatic rings. The van der Waals surface area contributed by atoms with Crippen molar-refractivity contribution in [1.29, 1.82) is 0 Å². The maximum Gasteiger partial charge on any atom is 0.450 e. The van der Waals surface area contributed by atoms with Crippen LogP contribution in [0.15, 0.2) is 0 Å². The Morgan fingerprint density at radius 3 is 1.64 bits per heavy atom. The number of hydrogen-bond acceptors (Lipinski definition) is 2. The molecule has 86 valence electrons. The summed E-state index contributed by atoms with van der Waals surface area (Å²) in [5.74, 6) is -4.27. The summed E-state index contributed by atoms with van der Waals surface area (Å²) in [6.07, 6.45) is -10.3. The van der Waals surface area contributed by atoms with Crippen LogP contribution in [0, 0.1) is 0 Å². The number of halogens is 7. The van der Waals surface area contributed by atoms with E-state index in [2.05, 4.69) is 9.78 Å². The highest BCUT2D eigenvalue weighted by Gasteiger charge is 2.55. The first-order valence-electron chi connectivity index (χ1n) is 3.09. The van der Waals surface area contributed by atoms with Crippen molar-refractivity contribution in [3.05, 3.63) is 0 Å². The van der Waals surface area contributed by atoms with E-state index in [1.807, 2.05) is 0 Å². The summed E-state index contributed by atoms with van der Waals surface area (Å²) in [5, 5.41) is 0. The highest BCUT2D eigenvalue weighted by atomic mass is 19.4. The number of rotatable bonds is 3. The number of alkyl halides is 7. The second kappa shape index (κ2) is 3.89. The second-order valence-electron chi connectivity index (χ2n) is 2.38. The van der Waals surface area contributed by atoms with Crippen LogP contribution in [0.3, 0.4) is 0 Å². The minimum atomic E-state index is -5.46. The zero-order valence-corrected chi connectivity index (χ0v) is 6.67. The Kier molecular flexibility index (Phi) is 3.73. The topological polar surface area (TPSA) is 18.5 Å². The molecule has 9 heteroatoms. The van der Waals surface area contributed by atoms with E-state index in [-0.39, 0.29) is 6.92 Å². The van der Waals surface area contributed by atoms with Gasteiger partial charge in [0, 0.05) is 6.92 Å². The van der Waals surface area contributed by atoms with Crippen molar-refractivity contribution in [3.8, 4) is 0 Å². The Morgan fingerprint density at radius 1 is 0.929 bits per heavy atom. The summed E-state index contributed by atoms with van der Waals surface area (Å²) in [6.45, 7) is -2.23. The summed E-state index contributed by atoms with van der Waals surface area (Å²) in [6, 6.07) is 0. The molecule has 0 aliphatic heterocycles. The molecule has 0 amide bonds. The van der Waals surface area contributed by atoms with E-state index in [0.717, 1.165) is 0 Å². The van der Waals surface area contributed by atoms with Crippen LogP contribution in [0.1, 0.15) is 6.92 Å². The van der Waals surface area contributed by atoms with Gasteiger partial charge in [-0.2, -0.15) is 35.6 Å². The van der Waals surface area contributed by atoms with Crippen molar-refractivity contribution in [2.24, 2.45) is 0 Å². The van der Waals surface area contributed by atoms with E-state index in [4.69, 9.17) is 0 Å². The molecule has 0 bridgehead atoms. The molecule has 1 unspecified atom stereocenters. The molecule has 0 aliphatic rings. The first-order valence-corrected chi connectivity index (χ1v) is 3.09. The lowest BCUT2D eigenvalue weighted by Crippen LogP contribution is -2.41. The fourth-order valence-electron chi connectivity index (χ4n) is 0.254. The second-order valence-corrected chi connectivity index (χ2v) is 2.38. The molecule has 0 spiro atoms. The van der Waals surface area contributed by atoms with Crippen LogP contribution < -0.4 is 0 Å². The molecule has 0 rings (SSSR count). The standard InChI is InChI=1S/C5H5F7O2/c1-3(6,5(10,11)12)14-13-2-4(7,8)9/h2H2,1H3. The van der Waals surface area contributed by atoms with Crippen molar-refractivity contribution in [3.63, 3.8) is 0 Å². The molecule has 0 aliphatic carbocycles. The molecular formula is C5H5F7O2. The van der Waals surface area contributed by atoms with Crippen molar-refractivity contribution in [2.75, 3.05) is 6.61 Å². The van der Waals surface area contributed by atoms with Crippen LogP contribution in [0.25, 0.3) is 0 Å². The molecule has 0 heterocycles. The van der Waals surface area contributed by atoms with Crippen LogP contribution in [-0.4, -0.2) is 24.8 Å². The largest absolute Gasteiger partial charge is 0.450 e. The predicted octanol–water partition coefficient (Wildman–Crippen LogP) is 2.74. The van der Waals surface area contributed by atoms with Gasteiger partial charge in [0.2, 0.25) is 0 Å². The van der Waals surface area contributed by atoms with Gasteiger partial charge in [-0.25, -0.2) is 4.89 Å². The lowest BCUT2D eigenvalue weighted by atomic mass is 10.4. The summed E-state index contributed by atoms with van der Waals surface area (Å²) < 4.78 is 81.1. The van der Waals surface area contributed by atoms with Crippen LogP contribution in [0.2, 0.25) is 0 Å². The third-order valence-electron chi connectivity index (χ3n) is 0.944. The molecule has 0 saturated heterocycles. The first-order chi connectivity index (χ1) is 5.96. The van der Waals surface area contributed by atoms with E-state index in [1.54, 1.807) is 0 Å². The average molecular weight is 230 g/mol. The SMILES string of the molecule is CC(F)(OOCC(F)(F)F)C(F)(F)F. The molecule has 0 radical (unpaired) electrons. The van der Waals surface area contributed by atoms with Gasteiger partial charge in [0.05, 0.1) is 0 Å². The maximum absolute atomic E-state index is 12.3. The third-order valence-corrected chi connectivity index (χ3v) is 0.944. The highest BCUT2D eigenvalue weighted by Crippen LogP contribution is 2.34. The molecule has 0 fully saturated rings. The van der Waals surface area contributed by atoms with Gasteiger partial charge < -0.3 is 0 Å². The van der Waals surface area contributed by atoms with Gasteiger partial charge in [-0.3, -0.25) is 0 Å². The predicted molar refractivity (Wildman–Crippen MR) is 28.7 cm³/mol. The zero-order valence-electron chi connectivity index (χ0n) is 6.67. The van der Waals surface area contributed by atoms with E-state index >= 15 is 0 Å². The van der Waals surface area contributed by atoms with Gasteiger partial charge in [-0.15, -0.1) is 0 Å². The van der Waals surface area contributed by atoms with Gasteiger partial charge in [0.15, 0.2) is 6.61 Å². The molecule has 1 atom stereocenters. The quantitative estimate of drug-likeness (QED) is 0.421. The maximum atomic E-state index is 12.3. The minimum Gasteiger partial charge on any atom is -0.223 e. The Bertz CT molecular complexity index is 181. The zero-order chi connectivity index (χ0) is 11.6. The molecule has 0 N–H and O–H groups in total. The molecule has 2 nitrogen and oxygen atoms in total. The van der Waals surface area contributed by atoms with Gasteiger partial charge in [0.1, 0.15) is 0 Å². The molecule has 14 heavy (non-hydrogen) atoms. The highest BCUT2D eigenvalue weighted by molar-refractivity contribution is 4.69. The smallest absolute Gasteiger partial charge is 0.223 e. The Balaban J connectivity index is 4.02. The Labute approximate surface area is 73.5 Å². The average Bonchev–Trinajstić information content (AvgIpc) is 1.80. The lowest BCUT2D eigenvalue weighted by Gasteiger charge is -2.22. The first kappa shape index (κ1) is 13.4. The molecular weight excluding hydrogens is 225 g/mol. The van der Waals surface area contributed by atoms with Crippen LogP contribution >= 0.6 is 0 Å². The van der Waals surface area contributed by atoms with Crippen LogP contribution in [-0.2, 0) is 9.78 Å². The van der Waals surface area contributed by atoms with Gasteiger partial charge in [0.25, 0.3) is 0 Å².